The zero-order chi connectivity index (χ0) is 18.4. The number of nitrogens with one attached hydrogen (secondary N) is 2. The van der Waals surface area contributed by atoms with E-state index in [4.69, 9.17) is 9.73 Å². The van der Waals surface area contributed by atoms with E-state index < -0.39 is 0 Å². The van der Waals surface area contributed by atoms with E-state index in [0.717, 1.165) is 44.6 Å². The Bertz CT molecular complexity index is 578. The number of aliphatic imine (C=N–C) groups is 1. The molecule has 2 N–H and O–H groups in total. The molecular weight excluding hydrogens is 451 g/mol. The van der Waals surface area contributed by atoms with E-state index in [0.29, 0.717) is 18.8 Å². The van der Waals surface area contributed by atoms with Crippen LogP contribution >= 0.6 is 24.0 Å². The van der Waals surface area contributed by atoms with Gasteiger partial charge in [-0.05, 0) is 50.7 Å². The molecule has 0 radical (unpaired) electrons. The molecule has 6 heteroatoms. The maximum absolute atomic E-state index is 5.82. The minimum absolute atomic E-state index is 0. The zero-order valence-electron chi connectivity index (χ0n) is 16.9. The van der Waals surface area contributed by atoms with Gasteiger partial charge in [-0.1, -0.05) is 24.3 Å². The predicted octanol–water partition coefficient (Wildman–Crippen LogP) is 3.38. The molecule has 2 aliphatic rings. The Hall–Kier alpha value is -0.860. The van der Waals surface area contributed by atoms with Gasteiger partial charge in [0, 0.05) is 32.7 Å². The van der Waals surface area contributed by atoms with Crippen molar-refractivity contribution in [2.75, 3.05) is 26.2 Å². The molecule has 2 atom stereocenters. The van der Waals surface area contributed by atoms with E-state index >= 15 is 0 Å². The molecule has 0 spiro atoms. The first-order chi connectivity index (χ1) is 12.6. The maximum Gasteiger partial charge on any atom is 0.191 e. The summed E-state index contributed by atoms with van der Waals surface area (Å²) < 4.78 is 5.82. The molecule has 2 fully saturated rings. The number of benzene rings is 1. The zero-order valence-corrected chi connectivity index (χ0v) is 19.2. The van der Waals surface area contributed by atoms with Crippen molar-refractivity contribution in [2.24, 2.45) is 10.9 Å². The lowest BCUT2D eigenvalue weighted by molar-refractivity contribution is -0.0704. The lowest BCUT2D eigenvalue weighted by Crippen LogP contribution is -2.44. The molecule has 27 heavy (non-hydrogen) atoms. The Morgan fingerprint density at radius 2 is 1.70 bits per heavy atom. The summed E-state index contributed by atoms with van der Waals surface area (Å²) >= 11 is 0. The normalized spacial score (nSPS) is 23.6. The Morgan fingerprint density at radius 1 is 1.07 bits per heavy atom. The molecule has 0 bridgehead atoms. The van der Waals surface area contributed by atoms with E-state index in [1.807, 2.05) is 0 Å². The molecule has 1 aromatic rings. The lowest BCUT2D eigenvalue weighted by atomic mass is 10.1. The number of halogens is 1. The van der Waals surface area contributed by atoms with E-state index in [2.05, 4.69) is 60.6 Å². The Balaban J connectivity index is 0.00000261. The fourth-order valence-electron chi connectivity index (χ4n) is 3.50. The van der Waals surface area contributed by atoms with E-state index in [-0.39, 0.29) is 24.0 Å². The van der Waals surface area contributed by atoms with Gasteiger partial charge in [0.05, 0.1) is 18.8 Å². The van der Waals surface area contributed by atoms with Gasteiger partial charge in [0.1, 0.15) is 0 Å². The third-order valence-corrected chi connectivity index (χ3v) is 4.94. The number of guanidine groups is 1. The van der Waals surface area contributed by atoms with Crippen molar-refractivity contribution in [1.29, 1.82) is 0 Å². The number of hydrogen-bond donors (Lipinski definition) is 2. The van der Waals surface area contributed by atoms with Crippen molar-refractivity contribution in [2.45, 2.75) is 58.9 Å². The van der Waals surface area contributed by atoms with Gasteiger partial charge in [-0.3, -0.25) is 4.90 Å². The van der Waals surface area contributed by atoms with Gasteiger partial charge in [-0.25, -0.2) is 4.99 Å². The first-order valence-electron chi connectivity index (χ1n) is 10.1. The molecule has 3 rings (SSSR count). The van der Waals surface area contributed by atoms with Crippen molar-refractivity contribution in [1.82, 2.24) is 15.5 Å². The Morgan fingerprint density at radius 3 is 2.30 bits per heavy atom. The van der Waals surface area contributed by atoms with Crippen molar-refractivity contribution in [3.05, 3.63) is 35.4 Å². The third kappa shape index (κ3) is 7.95. The summed E-state index contributed by atoms with van der Waals surface area (Å²) in [6.07, 6.45) is 3.35. The summed E-state index contributed by atoms with van der Waals surface area (Å²) in [4.78, 5) is 7.20. The quantitative estimate of drug-likeness (QED) is 0.353. The van der Waals surface area contributed by atoms with Gasteiger partial charge in [-0.15, -0.1) is 24.0 Å². The molecule has 5 nitrogen and oxygen atoms in total. The van der Waals surface area contributed by atoms with Crippen LogP contribution in [0.4, 0.5) is 0 Å². The van der Waals surface area contributed by atoms with Gasteiger partial charge in [0.25, 0.3) is 0 Å². The summed E-state index contributed by atoms with van der Waals surface area (Å²) in [5.74, 6) is 1.78. The topological polar surface area (TPSA) is 48.9 Å². The molecule has 1 aliphatic heterocycles. The van der Waals surface area contributed by atoms with Crippen LogP contribution in [0.25, 0.3) is 0 Å². The SMILES string of the molecule is CCNC(=NCc1ccc(CN2CC(C)OC(C)C2)cc1)NCC1CC1.I. The predicted molar refractivity (Wildman–Crippen MR) is 123 cm³/mol. The van der Waals surface area contributed by atoms with Crippen LogP contribution < -0.4 is 10.6 Å². The molecule has 152 valence electrons. The van der Waals surface area contributed by atoms with Crippen molar-refractivity contribution in [3.8, 4) is 0 Å². The van der Waals surface area contributed by atoms with Crippen LogP contribution in [0.15, 0.2) is 29.3 Å². The number of ether oxygens (including phenoxy) is 1. The molecular formula is C21H35IN4O. The van der Waals surface area contributed by atoms with Gasteiger partial charge in [0.2, 0.25) is 0 Å². The summed E-state index contributed by atoms with van der Waals surface area (Å²) in [5.41, 5.74) is 2.61. The number of hydrogen-bond acceptors (Lipinski definition) is 3. The molecule has 1 saturated heterocycles. The van der Waals surface area contributed by atoms with Crippen LogP contribution in [-0.2, 0) is 17.8 Å². The monoisotopic (exact) mass is 486 g/mol. The highest BCUT2D eigenvalue weighted by Crippen LogP contribution is 2.27. The largest absolute Gasteiger partial charge is 0.373 e. The molecule has 0 aromatic heterocycles. The van der Waals surface area contributed by atoms with Crippen LogP contribution in [0.1, 0.15) is 44.7 Å². The van der Waals surface area contributed by atoms with Crippen molar-refractivity contribution >= 4 is 29.9 Å². The van der Waals surface area contributed by atoms with Gasteiger partial charge in [0.15, 0.2) is 5.96 Å². The van der Waals surface area contributed by atoms with Crippen LogP contribution in [0, 0.1) is 5.92 Å². The van der Waals surface area contributed by atoms with Gasteiger partial charge < -0.3 is 15.4 Å². The smallest absolute Gasteiger partial charge is 0.191 e. The number of morpholine rings is 1. The lowest BCUT2D eigenvalue weighted by Gasteiger charge is -2.35. The average molecular weight is 486 g/mol. The van der Waals surface area contributed by atoms with Crippen LogP contribution in [0.2, 0.25) is 0 Å². The van der Waals surface area contributed by atoms with E-state index in [9.17, 15) is 0 Å². The first-order valence-corrected chi connectivity index (χ1v) is 10.1. The van der Waals surface area contributed by atoms with Gasteiger partial charge in [-0.2, -0.15) is 0 Å². The minimum Gasteiger partial charge on any atom is -0.373 e. The molecule has 1 aliphatic carbocycles. The van der Waals surface area contributed by atoms with E-state index in [1.54, 1.807) is 0 Å². The van der Waals surface area contributed by atoms with Crippen LogP contribution in [0.5, 0.6) is 0 Å². The second-order valence-electron chi connectivity index (χ2n) is 7.79. The summed E-state index contributed by atoms with van der Waals surface area (Å²) in [5, 5.41) is 6.78. The minimum atomic E-state index is 0. The molecule has 0 amide bonds. The maximum atomic E-state index is 5.82. The fraction of sp³-hybridized carbons (Fsp3) is 0.667. The second-order valence-corrected chi connectivity index (χ2v) is 7.79. The van der Waals surface area contributed by atoms with Crippen LogP contribution in [0.3, 0.4) is 0 Å². The summed E-state index contributed by atoms with van der Waals surface area (Å²) in [6, 6.07) is 8.88. The number of nitrogens with zero attached hydrogens (tertiary/aromatic N) is 2. The first kappa shape index (κ1) is 22.4. The Kier molecular flexibility index (Phi) is 9.32. The van der Waals surface area contributed by atoms with Crippen LogP contribution in [-0.4, -0.2) is 49.2 Å². The number of rotatable bonds is 7. The van der Waals surface area contributed by atoms with Gasteiger partial charge >= 0.3 is 0 Å². The van der Waals surface area contributed by atoms with Crippen molar-refractivity contribution in [3.63, 3.8) is 0 Å². The fourth-order valence-corrected chi connectivity index (χ4v) is 3.50. The average Bonchev–Trinajstić information content (AvgIpc) is 3.42. The second kappa shape index (κ2) is 11.2. The molecule has 1 saturated carbocycles. The van der Waals surface area contributed by atoms with E-state index in [1.165, 1.54) is 24.0 Å². The Labute approximate surface area is 181 Å². The van der Waals surface area contributed by atoms with Crippen molar-refractivity contribution < 1.29 is 4.74 Å². The highest BCUT2D eigenvalue weighted by molar-refractivity contribution is 14.0. The molecule has 1 aromatic carbocycles. The summed E-state index contributed by atoms with van der Waals surface area (Å²) in [7, 11) is 0. The standard InChI is InChI=1S/C21H34N4O.HI/c1-4-22-21(23-11-18-5-6-18)24-12-19-7-9-20(10-8-19)15-25-13-16(2)26-17(3)14-25;/h7-10,16-18H,4-6,11-15H2,1-3H3,(H2,22,23,24);1H. The highest BCUT2D eigenvalue weighted by Gasteiger charge is 2.22. The molecule has 2 unspecified atom stereocenters. The third-order valence-electron chi connectivity index (χ3n) is 4.94. The summed E-state index contributed by atoms with van der Waals surface area (Å²) in [6.45, 7) is 12.1. The molecule has 1 heterocycles. The highest BCUT2D eigenvalue weighted by atomic mass is 127.